The van der Waals surface area contributed by atoms with Crippen molar-refractivity contribution < 1.29 is 9.59 Å². The molecule has 3 rings (SSSR count). The van der Waals surface area contributed by atoms with Crippen LogP contribution < -0.4 is 10.2 Å². The van der Waals surface area contributed by atoms with Crippen LogP contribution in [0.2, 0.25) is 5.02 Å². The normalized spacial score (nSPS) is 17.3. The first-order valence-electron chi connectivity index (χ1n) is 7.68. The van der Waals surface area contributed by atoms with Gasteiger partial charge in [0.15, 0.2) is 0 Å². The molecule has 0 radical (unpaired) electrons. The second kappa shape index (κ2) is 7.39. The van der Waals surface area contributed by atoms with Crippen LogP contribution in [0.3, 0.4) is 0 Å². The average molecular weight is 349 g/mol. The number of carbonyl (C=O) groups excluding carboxylic acids is 2. The minimum Gasteiger partial charge on any atom is -0.351 e. The fourth-order valence-electron chi connectivity index (χ4n) is 2.68. The van der Waals surface area contributed by atoms with Crippen molar-refractivity contribution in [2.75, 3.05) is 11.4 Å². The molecule has 1 unspecified atom stereocenters. The van der Waals surface area contributed by atoms with Crippen molar-refractivity contribution >= 4 is 29.1 Å². The summed E-state index contributed by atoms with van der Waals surface area (Å²) in [5.74, 6) is -0.0925. The van der Waals surface area contributed by atoms with Gasteiger partial charge >= 0.3 is 0 Å². The minimum absolute atomic E-state index is 0.0174. The second-order valence-corrected chi connectivity index (χ2v) is 6.07. The molecule has 24 heavy (non-hydrogen) atoms. The average Bonchev–Trinajstić information content (AvgIpc) is 3.17. The van der Waals surface area contributed by atoms with Gasteiger partial charge in [-0.25, -0.2) is 4.68 Å². The van der Waals surface area contributed by atoms with Crippen LogP contribution in [-0.2, 0) is 16.1 Å². The third kappa shape index (κ3) is 4.08. The van der Waals surface area contributed by atoms with Crippen molar-refractivity contribution in [3.8, 4) is 0 Å². The zero-order valence-corrected chi connectivity index (χ0v) is 13.7. The van der Waals surface area contributed by atoms with Crippen LogP contribution in [0.4, 0.5) is 5.69 Å². The Balaban J connectivity index is 1.48. The molecule has 0 bridgehead atoms. The van der Waals surface area contributed by atoms with Crippen LogP contribution in [0.25, 0.3) is 0 Å². The first kappa shape index (κ1) is 16.4. The summed E-state index contributed by atoms with van der Waals surface area (Å²) in [6.45, 7) is 1.04. The van der Waals surface area contributed by atoms with Gasteiger partial charge in [-0.2, -0.15) is 0 Å². The Kier molecular flexibility index (Phi) is 5.05. The maximum Gasteiger partial charge on any atom is 0.229 e. The Morgan fingerprint density at radius 3 is 3.04 bits per heavy atom. The number of amides is 2. The molecule has 8 nitrogen and oxygen atoms in total. The number of hydrogen-bond donors (Lipinski definition) is 1. The Hall–Kier alpha value is -2.48. The van der Waals surface area contributed by atoms with Gasteiger partial charge in [0.2, 0.25) is 11.8 Å². The molecular weight excluding hydrogens is 332 g/mol. The van der Waals surface area contributed by atoms with E-state index in [2.05, 4.69) is 20.8 Å². The SMILES string of the molecule is O=C(CCCn1cnnn1)NC1CC(=O)N(c2cccc(Cl)c2)C1. The van der Waals surface area contributed by atoms with Crippen molar-refractivity contribution in [3.05, 3.63) is 35.6 Å². The van der Waals surface area contributed by atoms with E-state index in [-0.39, 0.29) is 17.9 Å². The number of halogens is 1. The number of tetrazole rings is 1. The van der Waals surface area contributed by atoms with Crippen LogP contribution in [0, 0.1) is 0 Å². The van der Waals surface area contributed by atoms with Crippen molar-refractivity contribution in [3.63, 3.8) is 0 Å². The summed E-state index contributed by atoms with van der Waals surface area (Å²) in [6.07, 6.45) is 2.80. The molecule has 9 heteroatoms. The van der Waals surface area contributed by atoms with E-state index >= 15 is 0 Å². The highest BCUT2D eigenvalue weighted by molar-refractivity contribution is 6.30. The van der Waals surface area contributed by atoms with Crippen molar-refractivity contribution in [2.24, 2.45) is 0 Å². The van der Waals surface area contributed by atoms with E-state index in [0.29, 0.717) is 37.4 Å². The maximum atomic E-state index is 12.2. The predicted molar refractivity (Wildman–Crippen MR) is 87.4 cm³/mol. The van der Waals surface area contributed by atoms with E-state index in [0.717, 1.165) is 5.69 Å². The van der Waals surface area contributed by atoms with Gasteiger partial charge in [-0.15, -0.1) is 5.10 Å². The number of aryl methyl sites for hydroxylation is 1. The zero-order chi connectivity index (χ0) is 16.9. The van der Waals surface area contributed by atoms with E-state index in [1.807, 2.05) is 6.07 Å². The largest absolute Gasteiger partial charge is 0.351 e. The molecule has 0 saturated carbocycles. The predicted octanol–water partition coefficient (Wildman–Crippen LogP) is 1.03. The van der Waals surface area contributed by atoms with Crippen LogP contribution in [0.5, 0.6) is 0 Å². The van der Waals surface area contributed by atoms with Gasteiger partial charge in [-0.1, -0.05) is 17.7 Å². The molecule has 1 N–H and O–H groups in total. The quantitative estimate of drug-likeness (QED) is 0.841. The third-order valence-electron chi connectivity index (χ3n) is 3.79. The van der Waals surface area contributed by atoms with Gasteiger partial charge in [-0.05, 0) is 35.0 Å². The fourth-order valence-corrected chi connectivity index (χ4v) is 2.87. The van der Waals surface area contributed by atoms with E-state index in [4.69, 9.17) is 11.6 Å². The Morgan fingerprint density at radius 1 is 1.42 bits per heavy atom. The number of carbonyl (C=O) groups is 2. The smallest absolute Gasteiger partial charge is 0.229 e. The second-order valence-electron chi connectivity index (χ2n) is 5.63. The van der Waals surface area contributed by atoms with Crippen LogP contribution in [0.1, 0.15) is 19.3 Å². The van der Waals surface area contributed by atoms with Crippen molar-refractivity contribution in [1.82, 2.24) is 25.5 Å². The highest BCUT2D eigenvalue weighted by atomic mass is 35.5. The van der Waals surface area contributed by atoms with E-state index in [1.165, 1.54) is 6.33 Å². The molecule has 2 aromatic rings. The molecule has 1 aromatic carbocycles. The highest BCUT2D eigenvalue weighted by Gasteiger charge is 2.31. The summed E-state index contributed by atoms with van der Waals surface area (Å²) in [7, 11) is 0. The number of nitrogens with one attached hydrogen (secondary N) is 1. The first-order valence-corrected chi connectivity index (χ1v) is 8.05. The number of nitrogens with zero attached hydrogens (tertiary/aromatic N) is 5. The molecule has 1 saturated heterocycles. The Bertz CT molecular complexity index is 721. The summed E-state index contributed by atoms with van der Waals surface area (Å²) in [5, 5.41) is 14.3. The van der Waals surface area contributed by atoms with Crippen LogP contribution >= 0.6 is 11.6 Å². The summed E-state index contributed by atoms with van der Waals surface area (Å²) in [5.41, 5.74) is 0.753. The van der Waals surface area contributed by atoms with Crippen molar-refractivity contribution in [2.45, 2.75) is 31.8 Å². The summed E-state index contributed by atoms with van der Waals surface area (Å²) in [6, 6.07) is 6.96. The van der Waals surface area contributed by atoms with Gasteiger partial charge in [0.25, 0.3) is 0 Å². The van der Waals surface area contributed by atoms with Gasteiger partial charge in [0, 0.05) is 36.6 Å². The lowest BCUT2D eigenvalue weighted by Crippen LogP contribution is -2.37. The minimum atomic E-state index is -0.183. The molecule has 126 valence electrons. The zero-order valence-electron chi connectivity index (χ0n) is 12.9. The Morgan fingerprint density at radius 2 is 2.29 bits per heavy atom. The van der Waals surface area contributed by atoms with Crippen LogP contribution in [0.15, 0.2) is 30.6 Å². The first-order chi connectivity index (χ1) is 11.6. The Labute approximate surface area is 143 Å². The lowest BCUT2D eigenvalue weighted by atomic mass is 10.2. The topological polar surface area (TPSA) is 93.0 Å². The lowest BCUT2D eigenvalue weighted by Gasteiger charge is -2.17. The number of aromatic nitrogens is 4. The lowest BCUT2D eigenvalue weighted by molar-refractivity contribution is -0.121. The molecule has 2 heterocycles. The summed E-state index contributed by atoms with van der Waals surface area (Å²) < 4.78 is 1.58. The molecule has 1 atom stereocenters. The van der Waals surface area contributed by atoms with E-state index < -0.39 is 0 Å². The molecule has 1 aromatic heterocycles. The summed E-state index contributed by atoms with van der Waals surface area (Å²) in [4.78, 5) is 25.8. The third-order valence-corrected chi connectivity index (χ3v) is 4.03. The number of anilines is 1. The van der Waals surface area contributed by atoms with Crippen molar-refractivity contribution in [1.29, 1.82) is 0 Å². The molecule has 0 spiro atoms. The molecule has 0 aliphatic carbocycles. The van der Waals surface area contributed by atoms with Gasteiger partial charge in [0.05, 0.1) is 6.04 Å². The maximum absolute atomic E-state index is 12.2. The van der Waals surface area contributed by atoms with Gasteiger partial charge < -0.3 is 10.2 Å². The standard InChI is InChI=1S/C15H17ClN6O2/c16-11-3-1-4-13(7-11)22-9-12(8-15(22)24)18-14(23)5-2-6-21-10-17-19-20-21/h1,3-4,7,10,12H,2,5-6,8-9H2,(H,18,23). The number of rotatable bonds is 6. The van der Waals surface area contributed by atoms with Crippen LogP contribution in [-0.4, -0.2) is 44.6 Å². The molecular formula is C15H17ClN6O2. The van der Waals surface area contributed by atoms with Gasteiger partial charge in [0.1, 0.15) is 6.33 Å². The number of hydrogen-bond acceptors (Lipinski definition) is 5. The van der Waals surface area contributed by atoms with Gasteiger partial charge in [-0.3, -0.25) is 9.59 Å². The fraction of sp³-hybridized carbons (Fsp3) is 0.400. The number of benzene rings is 1. The highest BCUT2D eigenvalue weighted by Crippen LogP contribution is 2.24. The molecule has 1 fully saturated rings. The monoisotopic (exact) mass is 348 g/mol. The summed E-state index contributed by atoms with van der Waals surface area (Å²) >= 11 is 5.97. The molecule has 1 aliphatic heterocycles. The molecule has 1 aliphatic rings. The molecule has 2 amide bonds. The van der Waals surface area contributed by atoms with E-state index in [1.54, 1.807) is 27.8 Å². The van der Waals surface area contributed by atoms with E-state index in [9.17, 15) is 9.59 Å².